The Kier molecular flexibility index (Phi) is 5.68. The van der Waals surface area contributed by atoms with Crippen LogP contribution in [0.15, 0.2) is 24.5 Å². The quantitative estimate of drug-likeness (QED) is 0.906. The van der Waals surface area contributed by atoms with Gasteiger partial charge in [-0.15, -0.1) is 0 Å². The number of hydrogen-bond acceptors (Lipinski definition) is 2. The first kappa shape index (κ1) is 19.2. The molecule has 1 aromatic carbocycles. The van der Waals surface area contributed by atoms with Crippen molar-refractivity contribution in [1.82, 2.24) is 14.8 Å². The SMILES string of the molecule is Cc1cc(C)c(C)c(CC(=O)N2CCCN(C(=O)c3cc[nH]c3)CC2)c1C. The van der Waals surface area contributed by atoms with Crippen LogP contribution in [0.1, 0.15) is 44.6 Å². The van der Waals surface area contributed by atoms with Crippen LogP contribution in [0.25, 0.3) is 0 Å². The van der Waals surface area contributed by atoms with E-state index in [2.05, 4.69) is 38.7 Å². The lowest BCUT2D eigenvalue weighted by molar-refractivity contribution is -0.130. The number of aryl methyl sites for hydroxylation is 2. The number of amides is 2. The predicted octanol–water partition coefficient (Wildman–Crippen LogP) is 3.17. The zero-order valence-corrected chi connectivity index (χ0v) is 16.8. The number of nitrogens with one attached hydrogen (secondary N) is 1. The van der Waals surface area contributed by atoms with Crippen LogP contribution in [-0.2, 0) is 11.2 Å². The van der Waals surface area contributed by atoms with Crippen LogP contribution < -0.4 is 0 Å². The van der Waals surface area contributed by atoms with Gasteiger partial charge in [-0.25, -0.2) is 0 Å². The first-order valence-corrected chi connectivity index (χ1v) is 9.64. The topological polar surface area (TPSA) is 56.4 Å². The molecule has 1 aromatic heterocycles. The summed E-state index contributed by atoms with van der Waals surface area (Å²) >= 11 is 0. The van der Waals surface area contributed by atoms with Crippen LogP contribution in [-0.4, -0.2) is 52.8 Å². The van der Waals surface area contributed by atoms with E-state index in [0.717, 1.165) is 12.0 Å². The summed E-state index contributed by atoms with van der Waals surface area (Å²) in [7, 11) is 0. The third-order valence-corrected chi connectivity index (χ3v) is 5.83. The minimum absolute atomic E-state index is 0.0338. The molecule has 0 bridgehead atoms. The zero-order chi connectivity index (χ0) is 19.6. The maximum atomic E-state index is 13.0. The van der Waals surface area contributed by atoms with Gasteiger partial charge in [-0.05, 0) is 68.0 Å². The molecule has 3 rings (SSSR count). The Labute approximate surface area is 161 Å². The Morgan fingerprint density at radius 3 is 2.22 bits per heavy atom. The fraction of sp³-hybridized carbons (Fsp3) is 0.455. The molecule has 0 atom stereocenters. The molecule has 0 radical (unpaired) electrons. The van der Waals surface area contributed by atoms with Gasteiger partial charge in [0, 0.05) is 38.6 Å². The first-order chi connectivity index (χ1) is 12.9. The van der Waals surface area contributed by atoms with Crippen molar-refractivity contribution in [3.05, 3.63) is 57.9 Å². The van der Waals surface area contributed by atoms with E-state index in [1.54, 1.807) is 18.5 Å². The third-order valence-electron chi connectivity index (χ3n) is 5.83. The Morgan fingerprint density at radius 1 is 0.963 bits per heavy atom. The maximum absolute atomic E-state index is 13.0. The van der Waals surface area contributed by atoms with Crippen LogP contribution in [0.4, 0.5) is 0 Å². The highest BCUT2D eigenvalue weighted by atomic mass is 16.2. The van der Waals surface area contributed by atoms with Gasteiger partial charge in [-0.3, -0.25) is 9.59 Å². The fourth-order valence-corrected chi connectivity index (χ4v) is 3.84. The van der Waals surface area contributed by atoms with E-state index in [1.807, 2.05) is 9.80 Å². The van der Waals surface area contributed by atoms with Gasteiger partial charge in [0.2, 0.25) is 5.91 Å². The number of carbonyl (C=O) groups excluding carboxylic acids is 2. The first-order valence-electron chi connectivity index (χ1n) is 9.64. The molecule has 0 saturated carbocycles. The standard InChI is InChI=1S/C22H29N3O2/c1-15-12-16(2)18(4)20(17(15)3)13-21(26)24-8-5-9-25(11-10-24)22(27)19-6-7-23-14-19/h6-7,12,14,23H,5,8-11,13H2,1-4H3. The van der Waals surface area contributed by atoms with E-state index in [4.69, 9.17) is 0 Å². The number of hydrogen-bond donors (Lipinski definition) is 1. The fourth-order valence-electron chi connectivity index (χ4n) is 3.84. The van der Waals surface area contributed by atoms with E-state index in [0.29, 0.717) is 38.2 Å². The lowest BCUT2D eigenvalue weighted by Gasteiger charge is -2.23. The lowest BCUT2D eigenvalue weighted by atomic mass is 9.92. The Balaban J connectivity index is 1.68. The zero-order valence-electron chi connectivity index (χ0n) is 16.8. The third kappa shape index (κ3) is 4.07. The summed E-state index contributed by atoms with van der Waals surface area (Å²) in [5, 5.41) is 0. The van der Waals surface area contributed by atoms with Crippen molar-refractivity contribution < 1.29 is 9.59 Å². The van der Waals surface area contributed by atoms with E-state index in [1.165, 1.54) is 22.3 Å². The van der Waals surface area contributed by atoms with Gasteiger partial charge < -0.3 is 14.8 Å². The molecule has 1 saturated heterocycles. The van der Waals surface area contributed by atoms with E-state index in [-0.39, 0.29) is 11.8 Å². The van der Waals surface area contributed by atoms with E-state index < -0.39 is 0 Å². The number of aromatic nitrogens is 1. The highest BCUT2D eigenvalue weighted by molar-refractivity contribution is 5.94. The van der Waals surface area contributed by atoms with Crippen molar-refractivity contribution in [2.24, 2.45) is 0 Å². The Bertz CT molecular complexity index is 813. The highest BCUT2D eigenvalue weighted by Crippen LogP contribution is 2.23. The molecule has 2 amide bonds. The van der Waals surface area contributed by atoms with Gasteiger partial charge >= 0.3 is 0 Å². The average molecular weight is 367 g/mol. The molecule has 1 aliphatic rings. The number of aromatic amines is 1. The van der Waals surface area contributed by atoms with Gasteiger partial charge in [0.25, 0.3) is 5.91 Å². The van der Waals surface area contributed by atoms with E-state index in [9.17, 15) is 9.59 Å². The maximum Gasteiger partial charge on any atom is 0.255 e. The molecule has 5 heteroatoms. The smallest absolute Gasteiger partial charge is 0.255 e. The van der Waals surface area contributed by atoms with Crippen LogP contribution in [0.5, 0.6) is 0 Å². The second-order valence-electron chi connectivity index (χ2n) is 7.54. The summed E-state index contributed by atoms with van der Waals surface area (Å²) in [6.07, 6.45) is 4.73. The summed E-state index contributed by atoms with van der Waals surface area (Å²) < 4.78 is 0. The Hall–Kier alpha value is -2.56. The summed E-state index contributed by atoms with van der Waals surface area (Å²) in [5.74, 6) is 0.189. The second kappa shape index (κ2) is 7.99. The van der Waals surface area contributed by atoms with Gasteiger partial charge in [0.1, 0.15) is 0 Å². The largest absolute Gasteiger partial charge is 0.367 e. The lowest BCUT2D eigenvalue weighted by Crippen LogP contribution is -2.38. The van der Waals surface area contributed by atoms with Crippen molar-refractivity contribution in [3.8, 4) is 0 Å². The number of carbonyl (C=O) groups is 2. The Morgan fingerprint density at radius 2 is 1.59 bits per heavy atom. The molecule has 5 nitrogen and oxygen atoms in total. The summed E-state index contributed by atoms with van der Waals surface area (Å²) in [5.41, 5.74) is 6.73. The van der Waals surface area contributed by atoms with Crippen molar-refractivity contribution >= 4 is 11.8 Å². The molecule has 2 heterocycles. The van der Waals surface area contributed by atoms with Crippen LogP contribution >= 0.6 is 0 Å². The minimum Gasteiger partial charge on any atom is -0.367 e. The van der Waals surface area contributed by atoms with Crippen LogP contribution in [0.2, 0.25) is 0 Å². The second-order valence-corrected chi connectivity index (χ2v) is 7.54. The summed E-state index contributed by atoms with van der Waals surface area (Å²) in [4.78, 5) is 32.2. The molecule has 1 fully saturated rings. The number of H-pyrrole nitrogens is 1. The molecule has 27 heavy (non-hydrogen) atoms. The molecule has 1 aliphatic heterocycles. The minimum atomic E-state index is 0.0338. The highest BCUT2D eigenvalue weighted by Gasteiger charge is 2.24. The molecule has 144 valence electrons. The van der Waals surface area contributed by atoms with Crippen molar-refractivity contribution in [2.75, 3.05) is 26.2 Å². The van der Waals surface area contributed by atoms with E-state index >= 15 is 0 Å². The molecular formula is C22H29N3O2. The molecule has 0 spiro atoms. The molecule has 1 N–H and O–H groups in total. The summed E-state index contributed by atoms with van der Waals surface area (Å²) in [6.45, 7) is 11.0. The normalized spacial score (nSPS) is 15.0. The molecular weight excluding hydrogens is 338 g/mol. The molecule has 0 unspecified atom stereocenters. The molecule has 0 aliphatic carbocycles. The predicted molar refractivity (Wildman–Crippen MR) is 107 cm³/mol. The van der Waals surface area contributed by atoms with Gasteiger partial charge in [0.15, 0.2) is 0 Å². The van der Waals surface area contributed by atoms with Gasteiger partial charge in [-0.1, -0.05) is 6.07 Å². The summed E-state index contributed by atoms with van der Waals surface area (Å²) in [6, 6.07) is 3.98. The monoisotopic (exact) mass is 367 g/mol. The van der Waals surface area contributed by atoms with Crippen molar-refractivity contribution in [3.63, 3.8) is 0 Å². The van der Waals surface area contributed by atoms with Crippen LogP contribution in [0.3, 0.4) is 0 Å². The number of rotatable bonds is 3. The van der Waals surface area contributed by atoms with Gasteiger partial charge in [0.05, 0.1) is 12.0 Å². The molecule has 2 aromatic rings. The number of nitrogens with zero attached hydrogens (tertiary/aromatic N) is 2. The average Bonchev–Trinajstić information content (AvgIpc) is 3.07. The van der Waals surface area contributed by atoms with Gasteiger partial charge in [-0.2, -0.15) is 0 Å². The number of benzene rings is 1. The van der Waals surface area contributed by atoms with Crippen LogP contribution in [0, 0.1) is 27.7 Å². The van der Waals surface area contributed by atoms with Crippen molar-refractivity contribution in [2.45, 2.75) is 40.5 Å². The van der Waals surface area contributed by atoms with Crippen molar-refractivity contribution in [1.29, 1.82) is 0 Å².